The molecule has 0 bridgehead atoms. The lowest BCUT2D eigenvalue weighted by atomic mass is 10.2. The average molecular weight is 267 g/mol. The van der Waals surface area contributed by atoms with Gasteiger partial charge < -0.3 is 9.15 Å². The number of hydrogen-bond acceptors (Lipinski definition) is 5. The van der Waals surface area contributed by atoms with Crippen LogP contribution in [-0.2, 0) is 0 Å². The largest absolute Gasteiger partial charge is 0.494 e. The Kier molecular flexibility index (Phi) is 3.41. The fraction of sp³-hybridized carbons (Fsp3) is 0.133. The molecule has 0 spiro atoms. The van der Waals surface area contributed by atoms with E-state index in [-0.39, 0.29) is 0 Å². The van der Waals surface area contributed by atoms with Gasteiger partial charge in [0, 0.05) is 18.0 Å². The number of aromatic nitrogens is 3. The third-order valence-electron chi connectivity index (χ3n) is 2.75. The second kappa shape index (κ2) is 5.52. The maximum Gasteiger partial charge on any atom is 0.249 e. The van der Waals surface area contributed by atoms with Crippen LogP contribution in [-0.4, -0.2) is 21.8 Å². The van der Waals surface area contributed by atoms with Crippen molar-refractivity contribution in [3.05, 3.63) is 48.8 Å². The minimum Gasteiger partial charge on any atom is -0.494 e. The van der Waals surface area contributed by atoms with Gasteiger partial charge in [-0.25, -0.2) is 0 Å². The monoisotopic (exact) mass is 267 g/mol. The molecule has 1 aromatic carbocycles. The number of benzene rings is 1. The van der Waals surface area contributed by atoms with E-state index in [9.17, 15) is 0 Å². The highest BCUT2D eigenvalue weighted by Gasteiger charge is 2.10. The van der Waals surface area contributed by atoms with Crippen molar-refractivity contribution in [2.75, 3.05) is 6.61 Å². The summed E-state index contributed by atoms with van der Waals surface area (Å²) in [4.78, 5) is 4.03. The molecule has 5 heteroatoms. The molecule has 0 unspecified atom stereocenters. The highest BCUT2D eigenvalue weighted by Crippen LogP contribution is 2.24. The van der Waals surface area contributed by atoms with Gasteiger partial charge in [-0.15, -0.1) is 10.2 Å². The summed E-state index contributed by atoms with van der Waals surface area (Å²) < 4.78 is 11.0. The van der Waals surface area contributed by atoms with Crippen LogP contribution in [0.25, 0.3) is 22.9 Å². The predicted octanol–water partition coefficient (Wildman–Crippen LogP) is 3.20. The highest BCUT2D eigenvalue weighted by atomic mass is 16.5. The maximum absolute atomic E-state index is 5.65. The number of rotatable bonds is 4. The Balaban J connectivity index is 1.86. The van der Waals surface area contributed by atoms with Crippen LogP contribution in [0.3, 0.4) is 0 Å². The summed E-state index contributed by atoms with van der Waals surface area (Å²) in [6.45, 7) is 2.59. The quantitative estimate of drug-likeness (QED) is 0.726. The molecule has 0 radical (unpaired) electrons. The van der Waals surface area contributed by atoms with E-state index < -0.39 is 0 Å². The summed E-state index contributed by atoms with van der Waals surface area (Å²) >= 11 is 0. The summed E-state index contributed by atoms with van der Waals surface area (Å²) in [5.74, 6) is 1.76. The lowest BCUT2D eigenvalue weighted by Gasteiger charge is -2.02. The number of hydrogen-bond donors (Lipinski definition) is 0. The van der Waals surface area contributed by atoms with E-state index in [1.165, 1.54) is 0 Å². The molecule has 0 aliphatic carbocycles. The van der Waals surface area contributed by atoms with E-state index in [1.807, 2.05) is 43.3 Å². The molecule has 0 amide bonds. The molecule has 3 aromatic rings. The van der Waals surface area contributed by atoms with Crippen LogP contribution in [0.15, 0.2) is 53.2 Å². The molecule has 2 heterocycles. The molecule has 0 aliphatic rings. The van der Waals surface area contributed by atoms with Gasteiger partial charge in [0.1, 0.15) is 5.75 Å². The van der Waals surface area contributed by atoms with Crippen molar-refractivity contribution >= 4 is 0 Å². The summed E-state index contributed by atoms with van der Waals surface area (Å²) in [5, 5.41) is 8.09. The Bertz CT molecular complexity index is 678. The molecule has 0 fully saturated rings. The molecular formula is C15H13N3O2. The fourth-order valence-corrected chi connectivity index (χ4v) is 1.81. The first-order valence-electron chi connectivity index (χ1n) is 6.34. The van der Waals surface area contributed by atoms with Gasteiger partial charge in [-0.3, -0.25) is 4.98 Å². The van der Waals surface area contributed by atoms with Gasteiger partial charge in [-0.05, 0) is 43.3 Å². The maximum atomic E-state index is 5.65. The Morgan fingerprint density at radius 1 is 1.00 bits per heavy atom. The summed E-state index contributed by atoms with van der Waals surface area (Å²) in [6, 6.07) is 11.3. The topological polar surface area (TPSA) is 61.0 Å². The predicted molar refractivity (Wildman–Crippen MR) is 74.1 cm³/mol. The van der Waals surface area contributed by atoms with Gasteiger partial charge in [-0.1, -0.05) is 0 Å². The zero-order valence-corrected chi connectivity index (χ0v) is 11.0. The average Bonchev–Trinajstić information content (AvgIpc) is 2.99. The minimum absolute atomic E-state index is 0.460. The van der Waals surface area contributed by atoms with Gasteiger partial charge in [-0.2, -0.15) is 0 Å². The molecule has 0 N–H and O–H groups in total. The third-order valence-corrected chi connectivity index (χ3v) is 2.75. The highest BCUT2D eigenvalue weighted by molar-refractivity contribution is 5.57. The Labute approximate surface area is 116 Å². The standard InChI is InChI=1S/C15H13N3O2/c1-2-19-13-7-5-11(6-8-13)14-17-18-15(20-14)12-4-3-9-16-10-12/h3-10H,2H2,1H3. The molecule has 0 saturated carbocycles. The molecule has 100 valence electrons. The molecule has 2 aromatic heterocycles. The van der Waals surface area contributed by atoms with Crippen molar-refractivity contribution in [1.82, 2.24) is 15.2 Å². The van der Waals surface area contributed by atoms with Crippen molar-refractivity contribution in [2.24, 2.45) is 0 Å². The zero-order chi connectivity index (χ0) is 13.8. The van der Waals surface area contributed by atoms with Crippen molar-refractivity contribution in [3.8, 4) is 28.7 Å². The normalized spacial score (nSPS) is 10.4. The lowest BCUT2D eigenvalue weighted by molar-refractivity contribution is 0.340. The Morgan fingerprint density at radius 2 is 1.75 bits per heavy atom. The molecule has 20 heavy (non-hydrogen) atoms. The molecule has 0 aliphatic heterocycles. The second-order valence-corrected chi connectivity index (χ2v) is 4.11. The molecule has 5 nitrogen and oxygen atoms in total. The van der Waals surface area contributed by atoms with E-state index in [0.29, 0.717) is 18.4 Å². The first-order valence-corrected chi connectivity index (χ1v) is 6.34. The molecule has 0 atom stereocenters. The van der Waals surface area contributed by atoms with E-state index in [2.05, 4.69) is 15.2 Å². The first kappa shape index (κ1) is 12.3. The second-order valence-electron chi connectivity index (χ2n) is 4.11. The van der Waals surface area contributed by atoms with Crippen molar-refractivity contribution in [2.45, 2.75) is 6.92 Å². The van der Waals surface area contributed by atoms with E-state index in [4.69, 9.17) is 9.15 Å². The smallest absolute Gasteiger partial charge is 0.249 e. The van der Waals surface area contributed by atoms with Crippen LogP contribution < -0.4 is 4.74 Å². The number of pyridine rings is 1. The minimum atomic E-state index is 0.460. The fourth-order valence-electron chi connectivity index (χ4n) is 1.81. The van der Waals surface area contributed by atoms with Gasteiger partial charge in [0.05, 0.1) is 12.2 Å². The van der Waals surface area contributed by atoms with Gasteiger partial charge in [0.15, 0.2) is 0 Å². The SMILES string of the molecule is CCOc1ccc(-c2nnc(-c3cccnc3)o2)cc1. The van der Waals surface area contributed by atoms with Crippen LogP contribution in [0.4, 0.5) is 0 Å². The van der Waals surface area contributed by atoms with Crippen LogP contribution in [0.1, 0.15) is 6.92 Å². The summed E-state index contributed by atoms with van der Waals surface area (Å²) in [7, 11) is 0. The third kappa shape index (κ3) is 2.51. The first-order chi connectivity index (χ1) is 9.86. The summed E-state index contributed by atoms with van der Waals surface area (Å²) in [5.41, 5.74) is 1.66. The lowest BCUT2D eigenvalue weighted by Crippen LogP contribution is -1.90. The van der Waals surface area contributed by atoms with Gasteiger partial charge in [0.25, 0.3) is 0 Å². The van der Waals surface area contributed by atoms with Crippen LogP contribution in [0.2, 0.25) is 0 Å². The van der Waals surface area contributed by atoms with Gasteiger partial charge >= 0.3 is 0 Å². The number of nitrogens with zero attached hydrogens (tertiary/aromatic N) is 3. The van der Waals surface area contributed by atoms with E-state index in [0.717, 1.165) is 16.9 Å². The molecule has 0 saturated heterocycles. The molecular weight excluding hydrogens is 254 g/mol. The zero-order valence-electron chi connectivity index (χ0n) is 11.0. The van der Waals surface area contributed by atoms with Gasteiger partial charge in [0.2, 0.25) is 11.8 Å². The van der Waals surface area contributed by atoms with Crippen LogP contribution in [0.5, 0.6) is 5.75 Å². The number of ether oxygens (including phenoxy) is 1. The summed E-state index contributed by atoms with van der Waals surface area (Å²) in [6.07, 6.45) is 3.39. The Hall–Kier alpha value is -2.69. The molecule has 3 rings (SSSR count). The van der Waals surface area contributed by atoms with Crippen LogP contribution in [0, 0.1) is 0 Å². The van der Waals surface area contributed by atoms with Crippen LogP contribution >= 0.6 is 0 Å². The van der Waals surface area contributed by atoms with Crippen molar-refractivity contribution in [1.29, 1.82) is 0 Å². The van der Waals surface area contributed by atoms with Crippen molar-refractivity contribution < 1.29 is 9.15 Å². The van der Waals surface area contributed by atoms with Crippen molar-refractivity contribution in [3.63, 3.8) is 0 Å². The van der Waals surface area contributed by atoms with E-state index in [1.54, 1.807) is 12.4 Å². The van der Waals surface area contributed by atoms with E-state index >= 15 is 0 Å². The Morgan fingerprint density at radius 3 is 2.40 bits per heavy atom.